The Kier molecular flexibility index (Phi) is 4.17. The molecule has 1 N–H and O–H groups in total. The van der Waals surface area contributed by atoms with Crippen molar-refractivity contribution in [2.75, 3.05) is 26.2 Å². The van der Waals surface area contributed by atoms with E-state index in [0.29, 0.717) is 23.7 Å². The van der Waals surface area contributed by atoms with Gasteiger partial charge in [-0.1, -0.05) is 0 Å². The summed E-state index contributed by atoms with van der Waals surface area (Å²) in [5.74, 6) is 0. The van der Waals surface area contributed by atoms with E-state index in [0.717, 1.165) is 25.9 Å². The van der Waals surface area contributed by atoms with E-state index in [1.54, 1.807) is 23.0 Å². The van der Waals surface area contributed by atoms with Gasteiger partial charge in [-0.2, -0.15) is 9.40 Å². The standard InChI is InChI=1S/C12H20N4O2S.ClH/c1-10-11(7-14-15(10)2)19(17,18)16-6-4-12(9-16)3-5-13-8-12;/h7,13H,3-6,8-9H2,1-2H3;1H. The number of halogens is 1. The van der Waals surface area contributed by atoms with Gasteiger partial charge in [0.15, 0.2) is 0 Å². The van der Waals surface area contributed by atoms with Gasteiger partial charge in [-0.25, -0.2) is 8.42 Å². The van der Waals surface area contributed by atoms with Crippen molar-refractivity contribution in [1.82, 2.24) is 19.4 Å². The molecule has 0 amide bonds. The van der Waals surface area contributed by atoms with Gasteiger partial charge in [-0.05, 0) is 31.7 Å². The maximum Gasteiger partial charge on any atom is 0.246 e. The Hall–Kier alpha value is -0.630. The van der Waals surface area contributed by atoms with Crippen molar-refractivity contribution in [3.63, 3.8) is 0 Å². The van der Waals surface area contributed by atoms with Crippen LogP contribution in [0.15, 0.2) is 11.1 Å². The number of nitrogens with one attached hydrogen (secondary N) is 1. The molecule has 114 valence electrons. The molecule has 1 spiro atoms. The monoisotopic (exact) mass is 320 g/mol. The Bertz CT molecular complexity index is 593. The lowest BCUT2D eigenvalue weighted by atomic mass is 9.87. The van der Waals surface area contributed by atoms with E-state index in [4.69, 9.17) is 0 Å². The molecule has 1 unspecified atom stereocenters. The van der Waals surface area contributed by atoms with Crippen molar-refractivity contribution >= 4 is 22.4 Å². The maximum atomic E-state index is 12.7. The van der Waals surface area contributed by atoms with E-state index in [1.165, 1.54) is 6.20 Å². The first kappa shape index (κ1) is 15.8. The Labute approximate surface area is 126 Å². The van der Waals surface area contributed by atoms with Crippen LogP contribution in [0.4, 0.5) is 0 Å². The molecule has 8 heteroatoms. The first-order valence-corrected chi connectivity index (χ1v) is 8.08. The molecule has 0 aromatic carbocycles. The van der Waals surface area contributed by atoms with Crippen molar-refractivity contribution in [3.05, 3.63) is 11.9 Å². The Morgan fingerprint density at radius 2 is 2.15 bits per heavy atom. The summed E-state index contributed by atoms with van der Waals surface area (Å²) in [6.07, 6.45) is 3.49. The number of aryl methyl sites for hydroxylation is 1. The Morgan fingerprint density at radius 1 is 1.40 bits per heavy atom. The van der Waals surface area contributed by atoms with Crippen LogP contribution in [0.25, 0.3) is 0 Å². The molecule has 1 aromatic heterocycles. The SMILES string of the molecule is Cc1c(S(=O)(=O)N2CCC3(CCNC3)C2)cnn1C.Cl. The highest BCUT2D eigenvalue weighted by atomic mass is 35.5. The molecule has 3 rings (SSSR count). The van der Waals surface area contributed by atoms with Gasteiger partial charge in [0.2, 0.25) is 10.0 Å². The van der Waals surface area contributed by atoms with Gasteiger partial charge in [0.25, 0.3) is 0 Å². The van der Waals surface area contributed by atoms with Crippen LogP contribution >= 0.6 is 12.4 Å². The third kappa shape index (κ3) is 2.36. The minimum atomic E-state index is -3.39. The summed E-state index contributed by atoms with van der Waals surface area (Å²) in [5.41, 5.74) is 0.855. The van der Waals surface area contributed by atoms with Crippen LogP contribution in [0.1, 0.15) is 18.5 Å². The topological polar surface area (TPSA) is 67.2 Å². The lowest BCUT2D eigenvalue weighted by Gasteiger charge is -2.22. The lowest BCUT2D eigenvalue weighted by molar-refractivity contribution is 0.338. The number of nitrogens with zero attached hydrogens (tertiary/aromatic N) is 3. The van der Waals surface area contributed by atoms with E-state index in [1.807, 2.05) is 0 Å². The average molecular weight is 321 g/mol. The van der Waals surface area contributed by atoms with Gasteiger partial charge >= 0.3 is 0 Å². The summed E-state index contributed by atoms with van der Waals surface area (Å²) in [4.78, 5) is 0.345. The van der Waals surface area contributed by atoms with E-state index in [2.05, 4.69) is 10.4 Å². The molecule has 1 atom stereocenters. The molecule has 0 saturated carbocycles. The summed E-state index contributed by atoms with van der Waals surface area (Å²) in [5, 5.41) is 7.39. The van der Waals surface area contributed by atoms with E-state index < -0.39 is 10.0 Å². The van der Waals surface area contributed by atoms with Gasteiger partial charge in [0.1, 0.15) is 4.90 Å². The van der Waals surface area contributed by atoms with Crippen molar-refractivity contribution in [2.45, 2.75) is 24.7 Å². The number of sulfonamides is 1. The van der Waals surface area contributed by atoms with Gasteiger partial charge in [0, 0.05) is 26.7 Å². The second-order valence-corrected chi connectivity index (χ2v) is 7.64. The summed E-state index contributed by atoms with van der Waals surface area (Å²) in [7, 11) is -1.63. The number of hydrogen-bond donors (Lipinski definition) is 1. The minimum Gasteiger partial charge on any atom is -0.316 e. The molecule has 3 heterocycles. The average Bonchev–Trinajstić information content (AvgIpc) is 3.06. The second-order valence-electron chi connectivity index (χ2n) is 5.73. The molecule has 20 heavy (non-hydrogen) atoms. The second kappa shape index (κ2) is 5.29. The highest BCUT2D eigenvalue weighted by molar-refractivity contribution is 7.89. The highest BCUT2D eigenvalue weighted by Gasteiger charge is 2.45. The fourth-order valence-electron chi connectivity index (χ4n) is 3.11. The van der Waals surface area contributed by atoms with E-state index in [9.17, 15) is 8.42 Å². The van der Waals surface area contributed by atoms with Gasteiger partial charge < -0.3 is 5.32 Å². The predicted octanol–water partition coefficient (Wildman–Crippen LogP) is 0.524. The molecule has 0 bridgehead atoms. The largest absolute Gasteiger partial charge is 0.316 e. The molecule has 2 aliphatic rings. The highest BCUT2D eigenvalue weighted by Crippen LogP contribution is 2.38. The third-order valence-electron chi connectivity index (χ3n) is 4.54. The van der Waals surface area contributed by atoms with Gasteiger partial charge in [-0.15, -0.1) is 12.4 Å². The Balaban J connectivity index is 0.00000147. The maximum absolute atomic E-state index is 12.7. The van der Waals surface area contributed by atoms with Crippen molar-refractivity contribution in [2.24, 2.45) is 12.5 Å². The number of rotatable bonds is 2. The Morgan fingerprint density at radius 3 is 2.70 bits per heavy atom. The molecule has 2 aliphatic heterocycles. The van der Waals surface area contributed by atoms with Crippen LogP contribution in [0.5, 0.6) is 0 Å². The lowest BCUT2D eigenvalue weighted by Crippen LogP contribution is -2.33. The molecule has 1 aromatic rings. The van der Waals surface area contributed by atoms with E-state index >= 15 is 0 Å². The molecule has 2 saturated heterocycles. The van der Waals surface area contributed by atoms with Crippen LogP contribution in [0.2, 0.25) is 0 Å². The molecule has 0 radical (unpaired) electrons. The van der Waals surface area contributed by atoms with Crippen LogP contribution in [-0.4, -0.2) is 48.7 Å². The van der Waals surface area contributed by atoms with Crippen molar-refractivity contribution in [1.29, 1.82) is 0 Å². The molecular formula is C12H21ClN4O2S. The van der Waals surface area contributed by atoms with Gasteiger partial charge in [0.05, 0.1) is 11.9 Å². The zero-order chi connectivity index (χ0) is 13.7. The molecule has 0 aliphatic carbocycles. The molecular weight excluding hydrogens is 300 g/mol. The fraction of sp³-hybridized carbons (Fsp3) is 0.750. The zero-order valence-electron chi connectivity index (χ0n) is 11.8. The predicted molar refractivity (Wildman–Crippen MR) is 78.5 cm³/mol. The third-order valence-corrected chi connectivity index (χ3v) is 6.49. The van der Waals surface area contributed by atoms with Gasteiger partial charge in [-0.3, -0.25) is 4.68 Å². The summed E-state index contributed by atoms with van der Waals surface area (Å²) < 4.78 is 28.6. The fourth-order valence-corrected chi connectivity index (χ4v) is 4.85. The quantitative estimate of drug-likeness (QED) is 0.863. The summed E-state index contributed by atoms with van der Waals surface area (Å²) >= 11 is 0. The van der Waals surface area contributed by atoms with Crippen LogP contribution in [0.3, 0.4) is 0 Å². The minimum absolute atomic E-state index is 0. The van der Waals surface area contributed by atoms with Crippen molar-refractivity contribution < 1.29 is 8.42 Å². The van der Waals surface area contributed by atoms with Crippen LogP contribution in [0, 0.1) is 12.3 Å². The number of aromatic nitrogens is 2. The van der Waals surface area contributed by atoms with Crippen molar-refractivity contribution in [3.8, 4) is 0 Å². The summed E-state index contributed by atoms with van der Waals surface area (Å²) in [6.45, 7) is 4.99. The summed E-state index contributed by atoms with van der Waals surface area (Å²) in [6, 6.07) is 0. The van der Waals surface area contributed by atoms with Crippen LogP contribution < -0.4 is 5.32 Å². The number of hydrogen-bond acceptors (Lipinski definition) is 4. The first-order valence-electron chi connectivity index (χ1n) is 6.64. The normalized spacial score (nSPS) is 27.1. The first-order chi connectivity index (χ1) is 8.95. The molecule has 6 nitrogen and oxygen atoms in total. The van der Waals surface area contributed by atoms with Crippen LogP contribution in [-0.2, 0) is 17.1 Å². The smallest absolute Gasteiger partial charge is 0.246 e. The molecule has 2 fully saturated rings. The zero-order valence-corrected chi connectivity index (χ0v) is 13.4. The van der Waals surface area contributed by atoms with E-state index in [-0.39, 0.29) is 17.8 Å².